The number of benzene rings is 1. The lowest BCUT2D eigenvalue weighted by molar-refractivity contribution is 0.102. The van der Waals surface area contributed by atoms with E-state index in [4.69, 9.17) is 11.6 Å². The number of likely N-dealkylation sites (N-methyl/N-ethyl adjacent to an activating group) is 1. The van der Waals surface area contributed by atoms with Gasteiger partial charge in [-0.2, -0.15) is 0 Å². The summed E-state index contributed by atoms with van der Waals surface area (Å²) in [4.78, 5) is 21.4. The first kappa shape index (κ1) is 15.8. The number of hydrogen-bond acceptors (Lipinski definition) is 4. The molecule has 1 aromatic carbocycles. The first-order valence-corrected chi connectivity index (χ1v) is 7.98. The maximum Gasteiger partial charge on any atom is 0.274 e. The molecule has 0 aliphatic carbocycles. The summed E-state index contributed by atoms with van der Waals surface area (Å²) in [6.07, 6.45) is 0. The fraction of sp³-hybridized carbons (Fsp3) is 0.294. The maximum absolute atomic E-state index is 12.4. The van der Waals surface area contributed by atoms with Crippen molar-refractivity contribution >= 4 is 29.0 Å². The molecule has 0 spiro atoms. The van der Waals surface area contributed by atoms with Crippen LogP contribution >= 0.6 is 11.6 Å². The van der Waals surface area contributed by atoms with Crippen molar-refractivity contribution in [3.8, 4) is 0 Å². The third-order valence-electron chi connectivity index (χ3n) is 3.92. The zero-order valence-corrected chi connectivity index (χ0v) is 13.8. The molecule has 1 aromatic heterocycles. The van der Waals surface area contributed by atoms with Crippen molar-refractivity contribution in [2.75, 3.05) is 43.4 Å². The third kappa shape index (κ3) is 3.81. The third-order valence-corrected chi connectivity index (χ3v) is 4.25. The summed E-state index contributed by atoms with van der Waals surface area (Å²) in [5.41, 5.74) is 0.979. The summed E-state index contributed by atoms with van der Waals surface area (Å²) in [6.45, 7) is 3.83. The predicted octanol–water partition coefficient (Wildman–Crippen LogP) is 2.74. The molecular weight excluding hydrogens is 312 g/mol. The normalized spacial score (nSPS) is 15.5. The summed E-state index contributed by atoms with van der Waals surface area (Å²) in [7, 11) is 2.11. The van der Waals surface area contributed by atoms with Gasteiger partial charge in [-0.3, -0.25) is 4.79 Å². The Hall–Kier alpha value is -2.11. The first-order valence-electron chi connectivity index (χ1n) is 7.60. The second-order valence-corrected chi connectivity index (χ2v) is 6.01. The van der Waals surface area contributed by atoms with E-state index in [1.165, 1.54) is 0 Å². The van der Waals surface area contributed by atoms with Crippen LogP contribution in [-0.2, 0) is 0 Å². The van der Waals surface area contributed by atoms with Crippen molar-refractivity contribution < 1.29 is 4.79 Å². The van der Waals surface area contributed by atoms with Crippen molar-refractivity contribution in [2.24, 2.45) is 0 Å². The molecule has 23 heavy (non-hydrogen) atoms. The van der Waals surface area contributed by atoms with Gasteiger partial charge in [0.05, 0.1) is 10.7 Å². The highest BCUT2D eigenvalue weighted by atomic mass is 35.5. The van der Waals surface area contributed by atoms with E-state index in [0.717, 1.165) is 32.0 Å². The SMILES string of the molecule is CN1CCN(c2cccc(C(=O)Nc3ccccc3Cl)n2)CC1. The molecule has 120 valence electrons. The van der Waals surface area contributed by atoms with Gasteiger partial charge in [-0.1, -0.05) is 29.8 Å². The second kappa shape index (κ2) is 6.98. The highest BCUT2D eigenvalue weighted by Crippen LogP contribution is 2.21. The predicted molar refractivity (Wildman–Crippen MR) is 93.4 cm³/mol. The van der Waals surface area contributed by atoms with E-state index in [2.05, 4.69) is 27.1 Å². The number of nitrogens with one attached hydrogen (secondary N) is 1. The summed E-state index contributed by atoms with van der Waals surface area (Å²) in [6, 6.07) is 12.7. The summed E-state index contributed by atoms with van der Waals surface area (Å²) in [5.74, 6) is 0.582. The summed E-state index contributed by atoms with van der Waals surface area (Å²) in [5, 5.41) is 3.31. The van der Waals surface area contributed by atoms with Gasteiger partial charge in [-0.05, 0) is 31.3 Å². The Bertz CT molecular complexity index is 698. The van der Waals surface area contributed by atoms with Crippen molar-refractivity contribution in [1.29, 1.82) is 0 Å². The monoisotopic (exact) mass is 330 g/mol. The van der Waals surface area contributed by atoms with E-state index in [9.17, 15) is 4.79 Å². The minimum atomic E-state index is -0.255. The van der Waals surface area contributed by atoms with Gasteiger partial charge in [0.2, 0.25) is 0 Å². The Kier molecular flexibility index (Phi) is 4.79. The molecule has 0 radical (unpaired) electrons. The molecule has 0 saturated carbocycles. The molecule has 0 unspecified atom stereocenters. The quantitative estimate of drug-likeness (QED) is 0.940. The fourth-order valence-corrected chi connectivity index (χ4v) is 2.69. The van der Waals surface area contributed by atoms with Crippen molar-refractivity contribution in [3.05, 3.63) is 53.2 Å². The van der Waals surface area contributed by atoms with Gasteiger partial charge >= 0.3 is 0 Å². The van der Waals surface area contributed by atoms with E-state index < -0.39 is 0 Å². The Morgan fingerprint density at radius 2 is 1.83 bits per heavy atom. The number of anilines is 2. The van der Waals surface area contributed by atoms with Gasteiger partial charge in [0.1, 0.15) is 11.5 Å². The van der Waals surface area contributed by atoms with Gasteiger partial charge < -0.3 is 15.1 Å². The number of piperazine rings is 1. The van der Waals surface area contributed by atoms with E-state index in [-0.39, 0.29) is 5.91 Å². The number of para-hydroxylation sites is 1. The Labute approximate surface area is 140 Å². The highest BCUT2D eigenvalue weighted by molar-refractivity contribution is 6.33. The number of carbonyl (C=O) groups excluding carboxylic acids is 1. The molecule has 0 atom stereocenters. The van der Waals surface area contributed by atoms with E-state index >= 15 is 0 Å². The number of amides is 1. The lowest BCUT2D eigenvalue weighted by atomic mass is 10.2. The van der Waals surface area contributed by atoms with Crippen LogP contribution in [0.2, 0.25) is 5.02 Å². The minimum Gasteiger partial charge on any atom is -0.354 e. The number of aromatic nitrogens is 1. The molecule has 1 N–H and O–H groups in total. The highest BCUT2D eigenvalue weighted by Gasteiger charge is 2.17. The smallest absolute Gasteiger partial charge is 0.274 e. The van der Waals surface area contributed by atoms with Crippen LogP contribution in [-0.4, -0.2) is 49.0 Å². The molecule has 3 rings (SSSR count). The Balaban J connectivity index is 1.74. The van der Waals surface area contributed by atoms with Crippen LogP contribution in [0, 0.1) is 0 Å². The van der Waals surface area contributed by atoms with Crippen molar-refractivity contribution in [3.63, 3.8) is 0 Å². The minimum absolute atomic E-state index is 0.255. The number of nitrogens with zero attached hydrogens (tertiary/aromatic N) is 3. The molecule has 6 heteroatoms. The van der Waals surface area contributed by atoms with Gasteiger partial charge in [0.25, 0.3) is 5.91 Å². The number of carbonyl (C=O) groups is 1. The molecule has 1 aliphatic rings. The number of halogens is 1. The van der Waals surface area contributed by atoms with Crippen LogP contribution in [0.3, 0.4) is 0 Å². The van der Waals surface area contributed by atoms with E-state index in [1.54, 1.807) is 18.2 Å². The zero-order valence-electron chi connectivity index (χ0n) is 13.0. The van der Waals surface area contributed by atoms with Gasteiger partial charge in [-0.25, -0.2) is 4.98 Å². The van der Waals surface area contributed by atoms with Crippen molar-refractivity contribution in [2.45, 2.75) is 0 Å². The van der Waals surface area contributed by atoms with Crippen LogP contribution in [0.25, 0.3) is 0 Å². The number of pyridine rings is 1. The van der Waals surface area contributed by atoms with Gasteiger partial charge in [0, 0.05) is 26.2 Å². The van der Waals surface area contributed by atoms with Crippen molar-refractivity contribution in [1.82, 2.24) is 9.88 Å². The largest absolute Gasteiger partial charge is 0.354 e. The van der Waals surface area contributed by atoms with E-state index in [1.807, 2.05) is 24.3 Å². The molecule has 1 amide bonds. The average molecular weight is 331 g/mol. The number of rotatable bonds is 3. The van der Waals surface area contributed by atoms with Crippen LogP contribution in [0.4, 0.5) is 11.5 Å². The standard InChI is InChI=1S/C17H19ClN4O/c1-21-9-11-22(12-10-21)16-8-4-7-15(19-16)17(23)20-14-6-3-2-5-13(14)18/h2-8H,9-12H2,1H3,(H,20,23). The van der Waals surface area contributed by atoms with Gasteiger partial charge in [0.15, 0.2) is 0 Å². The fourth-order valence-electron chi connectivity index (χ4n) is 2.51. The molecule has 1 fully saturated rings. The lowest BCUT2D eigenvalue weighted by Gasteiger charge is -2.33. The Morgan fingerprint density at radius 3 is 2.57 bits per heavy atom. The molecule has 1 aliphatic heterocycles. The van der Waals surface area contributed by atoms with Crippen LogP contribution < -0.4 is 10.2 Å². The molecule has 2 heterocycles. The van der Waals surface area contributed by atoms with Crippen LogP contribution in [0.15, 0.2) is 42.5 Å². The lowest BCUT2D eigenvalue weighted by Crippen LogP contribution is -2.44. The second-order valence-electron chi connectivity index (χ2n) is 5.61. The van der Waals surface area contributed by atoms with E-state index in [0.29, 0.717) is 16.4 Å². The summed E-state index contributed by atoms with van der Waals surface area (Å²) >= 11 is 6.07. The zero-order chi connectivity index (χ0) is 16.2. The molecule has 5 nitrogen and oxygen atoms in total. The van der Waals surface area contributed by atoms with Crippen LogP contribution in [0.5, 0.6) is 0 Å². The average Bonchev–Trinajstić information content (AvgIpc) is 2.58. The first-order chi connectivity index (χ1) is 11.1. The maximum atomic E-state index is 12.4. The molecular formula is C17H19ClN4O. The molecule has 2 aromatic rings. The molecule has 1 saturated heterocycles. The Morgan fingerprint density at radius 1 is 1.09 bits per heavy atom. The van der Waals surface area contributed by atoms with Gasteiger partial charge in [-0.15, -0.1) is 0 Å². The molecule has 0 bridgehead atoms. The summed E-state index contributed by atoms with van der Waals surface area (Å²) < 4.78 is 0. The topological polar surface area (TPSA) is 48.5 Å². The van der Waals surface area contributed by atoms with Crippen LogP contribution in [0.1, 0.15) is 10.5 Å². The number of hydrogen-bond donors (Lipinski definition) is 1.